The molecule has 1 fully saturated rings. The van der Waals surface area contributed by atoms with Crippen molar-refractivity contribution in [1.29, 1.82) is 0 Å². The second kappa shape index (κ2) is 8.21. The summed E-state index contributed by atoms with van der Waals surface area (Å²) in [5, 5.41) is 1.22. The maximum absolute atomic E-state index is 13.0. The number of halogens is 1. The number of pyridine rings is 1. The zero-order valence-corrected chi connectivity index (χ0v) is 16.9. The number of para-hydroxylation sites is 1. The summed E-state index contributed by atoms with van der Waals surface area (Å²) in [5.74, 6) is -0.697. The fraction of sp³-hybridized carbons (Fsp3) is 0.261. The van der Waals surface area contributed by atoms with Gasteiger partial charge < -0.3 is 9.64 Å². The Kier molecular flexibility index (Phi) is 5.49. The van der Waals surface area contributed by atoms with Crippen LogP contribution >= 0.6 is 11.6 Å². The molecule has 1 amide bonds. The molecule has 2 heterocycles. The Bertz CT molecular complexity index is 1080. The summed E-state index contributed by atoms with van der Waals surface area (Å²) in [7, 11) is 0. The van der Waals surface area contributed by atoms with Gasteiger partial charge in [0.05, 0.1) is 16.8 Å². The minimum Gasteiger partial charge on any atom is -0.449 e. The van der Waals surface area contributed by atoms with Gasteiger partial charge in [0.2, 0.25) is 0 Å². The molecule has 5 nitrogen and oxygen atoms in total. The third-order valence-corrected chi connectivity index (χ3v) is 5.46. The lowest BCUT2D eigenvalue weighted by atomic mass is 10.0. The number of aromatic nitrogens is 1. The summed E-state index contributed by atoms with van der Waals surface area (Å²) >= 11 is 6.33. The van der Waals surface area contributed by atoms with E-state index in [9.17, 15) is 9.59 Å². The van der Waals surface area contributed by atoms with Crippen LogP contribution in [-0.4, -0.2) is 41.0 Å². The normalized spacial score (nSPS) is 14.8. The van der Waals surface area contributed by atoms with Gasteiger partial charge >= 0.3 is 5.97 Å². The van der Waals surface area contributed by atoms with Gasteiger partial charge in [-0.25, -0.2) is 9.78 Å². The van der Waals surface area contributed by atoms with Gasteiger partial charge in [0.1, 0.15) is 0 Å². The lowest BCUT2D eigenvalue weighted by Gasteiger charge is -2.20. The predicted octanol–water partition coefficient (Wildman–Crippen LogP) is 4.72. The van der Waals surface area contributed by atoms with Crippen LogP contribution < -0.4 is 0 Å². The molecule has 3 aromatic rings. The molecule has 1 unspecified atom stereocenters. The van der Waals surface area contributed by atoms with Crippen molar-refractivity contribution in [3.05, 3.63) is 65.2 Å². The number of hydrogen-bond acceptors (Lipinski definition) is 4. The number of nitrogens with zero attached hydrogens (tertiary/aromatic N) is 2. The second-order valence-corrected chi connectivity index (χ2v) is 7.54. The third-order valence-electron chi connectivity index (χ3n) is 5.14. The lowest BCUT2D eigenvalue weighted by molar-refractivity contribution is -0.138. The molecule has 0 saturated carbocycles. The van der Waals surface area contributed by atoms with E-state index in [0.717, 1.165) is 31.5 Å². The first-order valence-electron chi connectivity index (χ1n) is 9.69. The van der Waals surface area contributed by atoms with Crippen LogP contribution in [0.2, 0.25) is 5.02 Å². The molecule has 29 heavy (non-hydrogen) atoms. The highest BCUT2D eigenvalue weighted by Crippen LogP contribution is 2.30. The van der Waals surface area contributed by atoms with E-state index in [1.807, 2.05) is 42.5 Å². The van der Waals surface area contributed by atoms with Crippen molar-refractivity contribution in [3.8, 4) is 11.3 Å². The number of ether oxygens (including phenoxy) is 1. The molecule has 0 radical (unpaired) electrons. The van der Waals surface area contributed by atoms with Crippen molar-refractivity contribution in [2.45, 2.75) is 25.9 Å². The zero-order valence-electron chi connectivity index (χ0n) is 16.1. The van der Waals surface area contributed by atoms with E-state index in [0.29, 0.717) is 27.2 Å². The first-order valence-corrected chi connectivity index (χ1v) is 10.1. The van der Waals surface area contributed by atoms with Crippen LogP contribution in [0.15, 0.2) is 54.6 Å². The predicted molar refractivity (Wildman–Crippen MR) is 113 cm³/mol. The molecule has 148 valence electrons. The number of carbonyl (C=O) groups excluding carboxylic acids is 2. The number of likely N-dealkylation sites (tertiary alicyclic amines) is 1. The molecular formula is C23H21ClN2O3. The number of rotatable bonds is 4. The highest BCUT2D eigenvalue weighted by Gasteiger charge is 2.27. The summed E-state index contributed by atoms with van der Waals surface area (Å²) in [4.78, 5) is 31.9. The fourth-order valence-electron chi connectivity index (χ4n) is 3.62. The van der Waals surface area contributed by atoms with E-state index in [2.05, 4.69) is 4.98 Å². The van der Waals surface area contributed by atoms with Crippen molar-refractivity contribution in [3.63, 3.8) is 0 Å². The molecule has 6 heteroatoms. The van der Waals surface area contributed by atoms with Gasteiger partial charge in [-0.2, -0.15) is 0 Å². The van der Waals surface area contributed by atoms with Gasteiger partial charge in [-0.3, -0.25) is 4.79 Å². The maximum atomic E-state index is 13.0. The maximum Gasteiger partial charge on any atom is 0.339 e. The quantitative estimate of drug-likeness (QED) is 0.586. The molecule has 1 saturated heterocycles. The Morgan fingerprint density at radius 1 is 1.07 bits per heavy atom. The molecule has 0 aliphatic carbocycles. The Labute approximate surface area is 174 Å². The third kappa shape index (κ3) is 3.96. The Morgan fingerprint density at radius 2 is 1.76 bits per heavy atom. The van der Waals surface area contributed by atoms with E-state index >= 15 is 0 Å². The molecule has 0 spiro atoms. The van der Waals surface area contributed by atoms with E-state index in [4.69, 9.17) is 16.3 Å². The standard InChI is InChI=1S/C23H21ClN2O3/c1-15(22(27)26-12-6-7-13-26)29-23(28)18-14-21(17-9-2-4-10-19(17)24)25-20-11-5-3-8-16(18)20/h2-5,8-11,14-15H,6-7,12-13H2,1H3. The second-order valence-electron chi connectivity index (χ2n) is 7.13. The first kappa shape index (κ1) is 19.4. The van der Waals surface area contributed by atoms with E-state index < -0.39 is 12.1 Å². The lowest BCUT2D eigenvalue weighted by Crippen LogP contribution is -2.38. The minimum absolute atomic E-state index is 0.152. The molecule has 1 atom stereocenters. The van der Waals surface area contributed by atoms with Gasteiger partial charge in [-0.15, -0.1) is 0 Å². The van der Waals surface area contributed by atoms with Crippen LogP contribution in [0, 0.1) is 0 Å². The summed E-state index contributed by atoms with van der Waals surface area (Å²) in [5.41, 5.74) is 2.34. The van der Waals surface area contributed by atoms with Crippen LogP contribution in [0.1, 0.15) is 30.1 Å². The highest BCUT2D eigenvalue weighted by atomic mass is 35.5. The van der Waals surface area contributed by atoms with Crippen molar-refractivity contribution in [1.82, 2.24) is 9.88 Å². The molecule has 4 rings (SSSR count). The van der Waals surface area contributed by atoms with E-state index in [1.165, 1.54) is 0 Å². The zero-order chi connectivity index (χ0) is 20.4. The molecule has 2 aromatic carbocycles. The largest absolute Gasteiger partial charge is 0.449 e. The SMILES string of the molecule is CC(OC(=O)c1cc(-c2ccccc2Cl)nc2ccccc12)C(=O)N1CCCC1. The monoisotopic (exact) mass is 408 g/mol. The van der Waals surface area contributed by atoms with Crippen molar-refractivity contribution < 1.29 is 14.3 Å². The molecule has 1 aliphatic heterocycles. The number of benzene rings is 2. The fourth-order valence-corrected chi connectivity index (χ4v) is 3.85. The van der Waals surface area contributed by atoms with E-state index in [1.54, 1.807) is 24.0 Å². The Balaban J connectivity index is 1.69. The van der Waals surface area contributed by atoms with Gasteiger partial charge in [0.25, 0.3) is 5.91 Å². The van der Waals surface area contributed by atoms with Gasteiger partial charge in [-0.1, -0.05) is 48.0 Å². The van der Waals surface area contributed by atoms with Crippen molar-refractivity contribution >= 4 is 34.4 Å². The smallest absolute Gasteiger partial charge is 0.339 e. The number of esters is 1. The van der Waals surface area contributed by atoms with Crippen LogP contribution in [0.25, 0.3) is 22.2 Å². The first-order chi connectivity index (χ1) is 14.0. The Morgan fingerprint density at radius 3 is 2.52 bits per heavy atom. The summed E-state index contributed by atoms with van der Waals surface area (Å²) in [6.45, 7) is 3.06. The summed E-state index contributed by atoms with van der Waals surface area (Å²) in [6, 6.07) is 16.4. The topological polar surface area (TPSA) is 59.5 Å². The van der Waals surface area contributed by atoms with Crippen LogP contribution in [0.4, 0.5) is 0 Å². The number of amides is 1. The molecule has 1 aromatic heterocycles. The molecule has 0 bridgehead atoms. The minimum atomic E-state index is -0.837. The molecule has 1 aliphatic rings. The van der Waals surface area contributed by atoms with Gasteiger partial charge in [-0.05, 0) is 38.0 Å². The number of hydrogen-bond donors (Lipinski definition) is 0. The average molecular weight is 409 g/mol. The van der Waals surface area contributed by atoms with Crippen LogP contribution in [-0.2, 0) is 9.53 Å². The van der Waals surface area contributed by atoms with E-state index in [-0.39, 0.29) is 5.91 Å². The van der Waals surface area contributed by atoms with Gasteiger partial charge in [0, 0.05) is 29.1 Å². The van der Waals surface area contributed by atoms with Gasteiger partial charge in [0.15, 0.2) is 6.10 Å². The Hall–Kier alpha value is -2.92. The molecular weight excluding hydrogens is 388 g/mol. The summed E-state index contributed by atoms with van der Waals surface area (Å²) < 4.78 is 5.55. The highest BCUT2D eigenvalue weighted by molar-refractivity contribution is 6.33. The number of fused-ring (bicyclic) bond motifs is 1. The average Bonchev–Trinajstić information content (AvgIpc) is 3.27. The number of carbonyl (C=O) groups is 2. The molecule has 0 N–H and O–H groups in total. The summed E-state index contributed by atoms with van der Waals surface area (Å²) in [6.07, 6.45) is 1.14. The van der Waals surface area contributed by atoms with Crippen LogP contribution in [0.5, 0.6) is 0 Å². The van der Waals surface area contributed by atoms with Crippen molar-refractivity contribution in [2.75, 3.05) is 13.1 Å². The van der Waals surface area contributed by atoms with Crippen LogP contribution in [0.3, 0.4) is 0 Å². The van der Waals surface area contributed by atoms with Crippen molar-refractivity contribution in [2.24, 2.45) is 0 Å².